The van der Waals surface area contributed by atoms with E-state index in [1.165, 1.54) is 11.0 Å². The predicted molar refractivity (Wildman–Crippen MR) is 71.7 cm³/mol. The Morgan fingerprint density at radius 3 is 2.42 bits per heavy atom. The topological polar surface area (TPSA) is 104 Å². The van der Waals surface area contributed by atoms with Crippen LogP contribution in [0.15, 0.2) is 12.7 Å². The maximum atomic E-state index is 11.8. The Bertz CT molecular complexity index is 432. The van der Waals surface area contributed by atoms with E-state index < -0.39 is 27.9 Å². The molecule has 1 unspecified atom stereocenters. The average Bonchev–Trinajstić information content (AvgIpc) is 2.29. The van der Waals surface area contributed by atoms with Gasteiger partial charge in [0.1, 0.15) is 15.9 Å². The number of nitrogens with zero attached hydrogens (tertiary/aromatic N) is 1. The van der Waals surface area contributed by atoms with Crippen molar-refractivity contribution < 1.29 is 23.1 Å². The van der Waals surface area contributed by atoms with Gasteiger partial charge in [-0.05, 0) is 13.3 Å². The van der Waals surface area contributed by atoms with Gasteiger partial charge < -0.3 is 15.3 Å². The second-order valence-electron chi connectivity index (χ2n) is 4.09. The van der Waals surface area contributed by atoms with Crippen LogP contribution in [0.5, 0.6) is 0 Å². The van der Waals surface area contributed by atoms with E-state index in [0.29, 0.717) is 13.1 Å². The lowest BCUT2D eigenvalue weighted by Gasteiger charge is -2.22. The third-order valence-corrected chi connectivity index (χ3v) is 3.37. The van der Waals surface area contributed by atoms with Gasteiger partial charge in [-0.2, -0.15) is 0 Å². The van der Waals surface area contributed by atoms with Crippen LogP contribution in [-0.2, 0) is 14.6 Å². The fourth-order valence-corrected chi connectivity index (χ4v) is 2.00. The molecule has 0 rings (SSSR count). The molecule has 0 aromatic carbocycles. The highest BCUT2D eigenvalue weighted by Gasteiger charge is 2.23. The maximum Gasteiger partial charge on any atom is 0.326 e. The van der Waals surface area contributed by atoms with Crippen LogP contribution in [0.1, 0.15) is 13.3 Å². The molecule has 2 N–H and O–H groups in total. The van der Waals surface area contributed by atoms with Crippen molar-refractivity contribution >= 4 is 21.8 Å². The molecule has 0 radical (unpaired) electrons. The molecule has 0 aliphatic rings. The van der Waals surface area contributed by atoms with E-state index in [4.69, 9.17) is 5.11 Å². The van der Waals surface area contributed by atoms with Gasteiger partial charge in [0.05, 0.1) is 5.75 Å². The summed E-state index contributed by atoms with van der Waals surface area (Å²) in [5.41, 5.74) is 0. The van der Waals surface area contributed by atoms with Crippen molar-refractivity contribution in [3.8, 4) is 0 Å². The Hall–Kier alpha value is -1.57. The summed E-state index contributed by atoms with van der Waals surface area (Å²) < 4.78 is 22.0. The number of likely N-dealkylation sites (N-methyl/N-ethyl adjacent to an activating group) is 1. The molecule has 0 heterocycles. The first-order valence-corrected chi connectivity index (χ1v) is 7.84. The van der Waals surface area contributed by atoms with Crippen molar-refractivity contribution in [1.29, 1.82) is 0 Å². The van der Waals surface area contributed by atoms with Crippen LogP contribution in [0.25, 0.3) is 0 Å². The third kappa shape index (κ3) is 7.45. The summed E-state index contributed by atoms with van der Waals surface area (Å²) in [5.74, 6) is -1.55. The minimum atomic E-state index is -3.27. The van der Waals surface area contributed by atoms with E-state index in [9.17, 15) is 18.0 Å². The van der Waals surface area contributed by atoms with Crippen molar-refractivity contribution in [3.63, 3.8) is 0 Å². The van der Waals surface area contributed by atoms with Crippen molar-refractivity contribution in [2.75, 3.05) is 25.1 Å². The zero-order valence-electron chi connectivity index (χ0n) is 11.1. The Morgan fingerprint density at radius 1 is 1.47 bits per heavy atom. The van der Waals surface area contributed by atoms with Crippen LogP contribution in [0.4, 0.5) is 4.79 Å². The molecule has 0 bridgehead atoms. The highest BCUT2D eigenvalue weighted by atomic mass is 32.2. The fraction of sp³-hybridized carbons (Fsp3) is 0.636. The Balaban J connectivity index is 4.61. The first-order valence-electron chi connectivity index (χ1n) is 5.78. The van der Waals surface area contributed by atoms with Gasteiger partial charge in [-0.15, -0.1) is 6.58 Å². The van der Waals surface area contributed by atoms with E-state index >= 15 is 0 Å². The number of urea groups is 1. The van der Waals surface area contributed by atoms with E-state index in [2.05, 4.69) is 11.9 Å². The van der Waals surface area contributed by atoms with Crippen molar-refractivity contribution in [1.82, 2.24) is 10.2 Å². The van der Waals surface area contributed by atoms with Crippen molar-refractivity contribution in [2.45, 2.75) is 19.4 Å². The van der Waals surface area contributed by atoms with E-state index in [-0.39, 0.29) is 12.2 Å². The predicted octanol–water partition coefficient (Wildman–Crippen LogP) is 0.0918. The lowest BCUT2D eigenvalue weighted by Crippen LogP contribution is -2.48. The second kappa shape index (κ2) is 7.78. The lowest BCUT2D eigenvalue weighted by molar-refractivity contribution is -0.139. The summed E-state index contributed by atoms with van der Waals surface area (Å²) in [6, 6.07) is -1.77. The average molecular weight is 292 g/mol. The number of carboxylic acids is 1. The molecule has 0 aliphatic carbocycles. The molecule has 1 atom stereocenters. The smallest absolute Gasteiger partial charge is 0.326 e. The summed E-state index contributed by atoms with van der Waals surface area (Å²) in [5, 5.41) is 11.3. The number of amides is 2. The van der Waals surface area contributed by atoms with Crippen LogP contribution in [0.3, 0.4) is 0 Å². The summed E-state index contributed by atoms with van der Waals surface area (Å²) in [7, 11) is -3.27. The molecule has 0 aromatic rings. The molecular weight excluding hydrogens is 272 g/mol. The molecule has 0 spiro atoms. The van der Waals surface area contributed by atoms with Crippen molar-refractivity contribution in [2.24, 2.45) is 0 Å². The van der Waals surface area contributed by atoms with Gasteiger partial charge in [0, 0.05) is 19.3 Å². The Kier molecular flexibility index (Phi) is 7.13. The Labute approximate surface area is 113 Å². The number of carboxylic acid groups (broad SMARTS) is 1. The Morgan fingerprint density at radius 2 is 2.05 bits per heavy atom. The summed E-state index contributed by atoms with van der Waals surface area (Å²) in [4.78, 5) is 24.1. The zero-order chi connectivity index (χ0) is 15.1. The molecular formula is C11H20N2O5S. The highest BCUT2D eigenvalue weighted by molar-refractivity contribution is 7.90. The number of sulfone groups is 1. The van der Waals surface area contributed by atoms with E-state index in [1.807, 2.05) is 0 Å². The maximum absolute atomic E-state index is 11.8. The van der Waals surface area contributed by atoms with Crippen LogP contribution in [0, 0.1) is 0 Å². The number of carbonyl (C=O) groups excluding carboxylic acids is 1. The van der Waals surface area contributed by atoms with Gasteiger partial charge in [-0.3, -0.25) is 0 Å². The third-order valence-electron chi connectivity index (χ3n) is 2.39. The molecule has 0 aromatic heterocycles. The number of aliphatic carboxylic acids is 1. The number of carbonyl (C=O) groups is 2. The van der Waals surface area contributed by atoms with Crippen molar-refractivity contribution in [3.05, 3.63) is 12.7 Å². The van der Waals surface area contributed by atoms with Gasteiger partial charge in [0.15, 0.2) is 0 Å². The summed E-state index contributed by atoms with van der Waals surface area (Å²) in [6.45, 7) is 5.93. The summed E-state index contributed by atoms with van der Waals surface area (Å²) >= 11 is 0. The standard InChI is InChI=1S/C11H20N2O5S/c1-4-7-13(5-2)11(16)12-9(10(14)15)6-8-19(3,17)18/h4,9H,1,5-8H2,2-3H3,(H,12,16)(H,14,15). The normalized spacial score (nSPS) is 12.5. The second-order valence-corrected chi connectivity index (χ2v) is 6.35. The number of rotatable bonds is 8. The van der Waals surface area contributed by atoms with Crippen LogP contribution < -0.4 is 5.32 Å². The summed E-state index contributed by atoms with van der Waals surface area (Å²) in [6.07, 6.45) is 2.38. The molecule has 7 nitrogen and oxygen atoms in total. The van der Waals surface area contributed by atoms with Crippen LogP contribution in [0.2, 0.25) is 0 Å². The number of hydrogen-bond donors (Lipinski definition) is 2. The molecule has 0 saturated heterocycles. The zero-order valence-corrected chi connectivity index (χ0v) is 11.9. The first-order chi connectivity index (χ1) is 8.71. The lowest BCUT2D eigenvalue weighted by atomic mass is 10.2. The SMILES string of the molecule is C=CCN(CC)C(=O)NC(CCS(C)(=O)=O)C(=O)O. The van der Waals surface area contributed by atoms with Gasteiger partial charge in [0.25, 0.3) is 0 Å². The molecule has 0 fully saturated rings. The van der Waals surface area contributed by atoms with Gasteiger partial charge in [0.2, 0.25) is 0 Å². The van der Waals surface area contributed by atoms with Gasteiger partial charge in [-0.1, -0.05) is 6.08 Å². The van der Waals surface area contributed by atoms with Gasteiger partial charge >= 0.3 is 12.0 Å². The van der Waals surface area contributed by atoms with E-state index in [0.717, 1.165) is 6.26 Å². The minimum Gasteiger partial charge on any atom is -0.480 e. The highest BCUT2D eigenvalue weighted by Crippen LogP contribution is 1.99. The quantitative estimate of drug-likeness (QED) is 0.617. The largest absolute Gasteiger partial charge is 0.480 e. The number of hydrogen-bond acceptors (Lipinski definition) is 4. The van der Waals surface area contributed by atoms with Gasteiger partial charge in [-0.25, -0.2) is 18.0 Å². The minimum absolute atomic E-state index is 0.161. The number of nitrogens with one attached hydrogen (secondary N) is 1. The van der Waals surface area contributed by atoms with Crippen LogP contribution in [-0.4, -0.2) is 61.6 Å². The molecule has 110 valence electrons. The first kappa shape index (κ1) is 17.4. The van der Waals surface area contributed by atoms with Crippen LogP contribution >= 0.6 is 0 Å². The molecule has 0 aliphatic heterocycles. The van der Waals surface area contributed by atoms with E-state index in [1.54, 1.807) is 6.92 Å². The molecule has 8 heteroatoms. The fourth-order valence-electron chi connectivity index (χ4n) is 1.34. The molecule has 0 saturated carbocycles. The molecule has 19 heavy (non-hydrogen) atoms. The monoisotopic (exact) mass is 292 g/mol. The molecule has 2 amide bonds.